The number of nitrogens with one attached hydrogen (secondary N) is 1. The molecule has 0 aliphatic carbocycles. The van der Waals surface area contributed by atoms with E-state index in [1.54, 1.807) is 0 Å². The molecule has 0 saturated carbocycles. The summed E-state index contributed by atoms with van der Waals surface area (Å²) in [7, 11) is -3.41. The molecular weight excluding hydrogens is 389 g/mol. The number of nitrogens with zero attached hydrogens (tertiary/aromatic N) is 1. The number of benzene rings is 2. The molecule has 1 heterocycles. The van der Waals surface area contributed by atoms with Gasteiger partial charge in [0.15, 0.2) is 15.0 Å². The van der Waals surface area contributed by atoms with E-state index in [2.05, 4.69) is 10.3 Å². The van der Waals surface area contributed by atoms with Gasteiger partial charge in [0.1, 0.15) is 0 Å². The molecule has 0 unspecified atom stereocenters. The van der Waals surface area contributed by atoms with Gasteiger partial charge in [-0.05, 0) is 30.3 Å². The summed E-state index contributed by atoms with van der Waals surface area (Å²) in [6.45, 7) is 0. The first-order valence-electron chi connectivity index (χ1n) is 7.14. The summed E-state index contributed by atoms with van der Waals surface area (Å²) < 4.78 is 62.7. The van der Waals surface area contributed by atoms with Gasteiger partial charge in [-0.3, -0.25) is 10.1 Å². The monoisotopic (exact) mass is 400 g/mol. The van der Waals surface area contributed by atoms with Gasteiger partial charge in [0, 0.05) is 6.26 Å². The maximum atomic E-state index is 13.0. The normalized spacial score (nSPS) is 12.3. The number of thiazole rings is 1. The average molecular weight is 400 g/mol. The molecule has 0 bridgehead atoms. The lowest BCUT2D eigenvalue weighted by Crippen LogP contribution is -2.18. The van der Waals surface area contributed by atoms with Crippen LogP contribution in [-0.4, -0.2) is 25.6 Å². The summed E-state index contributed by atoms with van der Waals surface area (Å²) >= 11 is 0.975. The summed E-state index contributed by atoms with van der Waals surface area (Å²) in [5.41, 5.74) is -1.13. The predicted octanol–water partition coefficient (Wildman–Crippen LogP) is 3.97. The number of aromatic nitrogens is 1. The van der Waals surface area contributed by atoms with E-state index in [0.717, 1.165) is 29.7 Å². The van der Waals surface area contributed by atoms with Gasteiger partial charge >= 0.3 is 6.18 Å². The number of carbonyl (C=O) groups excluding carboxylic acids is 1. The van der Waals surface area contributed by atoms with Crippen LogP contribution in [0.4, 0.5) is 18.3 Å². The molecule has 26 heavy (non-hydrogen) atoms. The SMILES string of the molecule is CS(=O)(=O)c1ccc2nc(NC(=O)c3ccccc3C(F)(F)F)sc2c1. The van der Waals surface area contributed by atoms with Crippen LogP contribution in [0.15, 0.2) is 47.4 Å². The lowest BCUT2D eigenvalue weighted by atomic mass is 10.1. The molecule has 0 saturated heterocycles. The quantitative estimate of drug-likeness (QED) is 0.722. The highest BCUT2D eigenvalue weighted by molar-refractivity contribution is 7.90. The van der Waals surface area contributed by atoms with Gasteiger partial charge in [0.25, 0.3) is 5.91 Å². The van der Waals surface area contributed by atoms with E-state index in [4.69, 9.17) is 0 Å². The predicted molar refractivity (Wildman–Crippen MR) is 92.1 cm³/mol. The van der Waals surface area contributed by atoms with Gasteiger partial charge in [-0.1, -0.05) is 23.5 Å². The molecule has 5 nitrogen and oxygen atoms in total. The number of amides is 1. The van der Waals surface area contributed by atoms with Crippen LogP contribution >= 0.6 is 11.3 Å². The van der Waals surface area contributed by atoms with Crippen molar-refractivity contribution in [2.45, 2.75) is 11.1 Å². The van der Waals surface area contributed by atoms with E-state index < -0.39 is 33.0 Å². The second kappa shape index (κ2) is 6.36. The third kappa shape index (κ3) is 3.70. The molecule has 3 aromatic rings. The van der Waals surface area contributed by atoms with Crippen LogP contribution in [-0.2, 0) is 16.0 Å². The number of hydrogen-bond donors (Lipinski definition) is 1. The van der Waals surface area contributed by atoms with Gasteiger partial charge in [-0.15, -0.1) is 0 Å². The second-order valence-corrected chi connectivity index (χ2v) is 8.46. The minimum absolute atomic E-state index is 0.0765. The number of halogens is 3. The lowest BCUT2D eigenvalue weighted by Gasteiger charge is -2.11. The van der Waals surface area contributed by atoms with Crippen LogP contribution in [0.3, 0.4) is 0 Å². The molecule has 2 aromatic carbocycles. The Morgan fingerprint density at radius 2 is 1.85 bits per heavy atom. The minimum atomic E-state index is -4.66. The van der Waals surface area contributed by atoms with Crippen molar-refractivity contribution in [1.82, 2.24) is 4.98 Å². The Bertz CT molecular complexity index is 1110. The van der Waals surface area contributed by atoms with Gasteiger partial charge < -0.3 is 0 Å². The Hall–Kier alpha value is -2.46. The van der Waals surface area contributed by atoms with Crippen LogP contribution < -0.4 is 5.32 Å². The van der Waals surface area contributed by atoms with Crippen molar-refractivity contribution < 1.29 is 26.4 Å². The largest absolute Gasteiger partial charge is 0.417 e. The van der Waals surface area contributed by atoms with Crippen LogP contribution in [0.1, 0.15) is 15.9 Å². The van der Waals surface area contributed by atoms with Crippen molar-refractivity contribution in [2.24, 2.45) is 0 Å². The Morgan fingerprint density at radius 3 is 2.50 bits per heavy atom. The van der Waals surface area contributed by atoms with E-state index in [0.29, 0.717) is 10.2 Å². The molecular formula is C16H11F3N2O3S2. The lowest BCUT2D eigenvalue weighted by molar-refractivity contribution is -0.137. The molecule has 0 spiro atoms. The summed E-state index contributed by atoms with van der Waals surface area (Å²) in [6.07, 6.45) is -3.60. The van der Waals surface area contributed by atoms with Crippen molar-refractivity contribution >= 4 is 42.4 Å². The summed E-state index contributed by atoms with van der Waals surface area (Å²) in [5.74, 6) is -0.944. The van der Waals surface area contributed by atoms with Crippen molar-refractivity contribution in [3.8, 4) is 0 Å². The molecule has 10 heteroatoms. The zero-order chi connectivity index (χ0) is 19.1. The molecule has 0 radical (unpaired) electrons. The van der Waals surface area contributed by atoms with Gasteiger partial charge in [0.05, 0.1) is 26.2 Å². The van der Waals surface area contributed by atoms with Crippen molar-refractivity contribution in [1.29, 1.82) is 0 Å². The molecule has 1 N–H and O–H groups in total. The highest BCUT2D eigenvalue weighted by Gasteiger charge is 2.35. The van der Waals surface area contributed by atoms with Crippen molar-refractivity contribution in [3.63, 3.8) is 0 Å². The number of carbonyl (C=O) groups is 1. The summed E-state index contributed by atoms with van der Waals surface area (Å²) in [4.78, 5) is 16.4. The van der Waals surface area contributed by atoms with Crippen molar-refractivity contribution in [2.75, 3.05) is 11.6 Å². The number of alkyl halides is 3. The number of hydrogen-bond acceptors (Lipinski definition) is 5. The molecule has 0 fully saturated rings. The highest BCUT2D eigenvalue weighted by atomic mass is 32.2. The van der Waals surface area contributed by atoms with Gasteiger partial charge in [0.2, 0.25) is 0 Å². The molecule has 1 amide bonds. The maximum Gasteiger partial charge on any atom is 0.417 e. The topological polar surface area (TPSA) is 76.1 Å². The Balaban J connectivity index is 1.94. The molecule has 0 atom stereocenters. The minimum Gasteiger partial charge on any atom is -0.298 e. The zero-order valence-electron chi connectivity index (χ0n) is 13.2. The number of rotatable bonds is 3. The van der Waals surface area contributed by atoms with Gasteiger partial charge in [-0.25, -0.2) is 13.4 Å². The summed E-state index contributed by atoms with van der Waals surface area (Å²) in [6, 6.07) is 8.69. The molecule has 0 aliphatic heterocycles. The fourth-order valence-corrected chi connectivity index (χ4v) is 3.90. The van der Waals surface area contributed by atoms with Crippen LogP contribution in [0.2, 0.25) is 0 Å². The zero-order valence-corrected chi connectivity index (χ0v) is 14.8. The Labute approximate surface area is 150 Å². The van der Waals surface area contributed by atoms with Crippen molar-refractivity contribution in [3.05, 3.63) is 53.6 Å². The van der Waals surface area contributed by atoms with E-state index in [-0.39, 0.29) is 10.0 Å². The fourth-order valence-electron chi connectivity index (χ4n) is 2.28. The average Bonchev–Trinajstić information content (AvgIpc) is 2.94. The fraction of sp³-hybridized carbons (Fsp3) is 0.125. The van der Waals surface area contributed by atoms with Crippen LogP contribution in [0.25, 0.3) is 10.2 Å². The Kier molecular flexibility index (Phi) is 4.49. The van der Waals surface area contributed by atoms with E-state index in [1.165, 1.54) is 30.3 Å². The Morgan fingerprint density at radius 1 is 1.15 bits per heavy atom. The van der Waals surface area contributed by atoms with E-state index in [9.17, 15) is 26.4 Å². The van der Waals surface area contributed by atoms with Crippen LogP contribution in [0, 0.1) is 0 Å². The molecule has 1 aromatic heterocycles. The molecule has 0 aliphatic rings. The van der Waals surface area contributed by atoms with E-state index >= 15 is 0 Å². The smallest absolute Gasteiger partial charge is 0.298 e. The molecule has 3 rings (SSSR count). The van der Waals surface area contributed by atoms with E-state index in [1.807, 2.05) is 0 Å². The first-order chi connectivity index (χ1) is 12.1. The number of fused-ring (bicyclic) bond motifs is 1. The van der Waals surface area contributed by atoms with Crippen LogP contribution in [0.5, 0.6) is 0 Å². The second-order valence-electron chi connectivity index (χ2n) is 5.42. The standard InChI is InChI=1S/C16H11F3N2O3S2/c1-26(23,24)9-6-7-12-13(8-9)25-15(20-12)21-14(22)10-4-2-3-5-11(10)16(17,18)19/h2-8H,1H3,(H,20,21,22). The first-order valence-corrected chi connectivity index (χ1v) is 9.85. The van der Waals surface area contributed by atoms with Gasteiger partial charge in [-0.2, -0.15) is 13.2 Å². The molecule has 136 valence electrons. The number of sulfone groups is 1. The first kappa shape index (κ1) is 18.3. The maximum absolute atomic E-state index is 13.0. The number of anilines is 1. The summed E-state index contributed by atoms with van der Waals surface area (Å²) in [5, 5.41) is 2.41. The third-order valence-corrected chi connectivity index (χ3v) is 5.53. The third-order valence-electron chi connectivity index (χ3n) is 3.49. The highest BCUT2D eigenvalue weighted by Crippen LogP contribution is 2.33.